The van der Waals surface area contributed by atoms with Crippen LogP contribution in [0.5, 0.6) is 11.5 Å². The maximum absolute atomic E-state index is 12.2. The Morgan fingerprint density at radius 3 is 2.47 bits per heavy atom. The van der Waals surface area contributed by atoms with Crippen LogP contribution in [0, 0.1) is 0 Å². The summed E-state index contributed by atoms with van der Waals surface area (Å²) >= 11 is 5.89. The molecule has 0 unspecified atom stereocenters. The Morgan fingerprint density at radius 2 is 1.74 bits per heavy atom. The largest absolute Gasteiger partial charge is 0.494 e. The summed E-state index contributed by atoms with van der Waals surface area (Å²) in [6.45, 7) is 2.84. The summed E-state index contributed by atoms with van der Waals surface area (Å²) < 4.78 is 11.3. The van der Waals surface area contributed by atoms with Gasteiger partial charge in [0.05, 0.1) is 19.4 Å². The number of ether oxygens (including phenoxy) is 2. The minimum atomic E-state index is -0.442. The lowest BCUT2D eigenvalue weighted by Crippen LogP contribution is -2.34. The highest BCUT2D eigenvalue weighted by atomic mass is 35.5. The highest BCUT2D eigenvalue weighted by molar-refractivity contribution is 6.30. The number of hydrazone groups is 1. The first-order valence-corrected chi connectivity index (χ1v) is 11.2. The van der Waals surface area contributed by atoms with Gasteiger partial charge in [-0.15, -0.1) is 0 Å². The molecule has 0 aromatic heterocycles. The van der Waals surface area contributed by atoms with Crippen molar-refractivity contribution in [3.05, 3.63) is 94.5 Å². The molecular formula is C26H26ClN3O4. The van der Waals surface area contributed by atoms with E-state index in [-0.39, 0.29) is 12.5 Å². The van der Waals surface area contributed by atoms with Crippen molar-refractivity contribution in [2.75, 3.05) is 13.2 Å². The average Bonchev–Trinajstić information content (AvgIpc) is 2.86. The Bertz CT molecular complexity index is 1120. The van der Waals surface area contributed by atoms with Gasteiger partial charge < -0.3 is 14.8 Å². The van der Waals surface area contributed by atoms with Crippen LogP contribution in [0.15, 0.2) is 77.9 Å². The van der Waals surface area contributed by atoms with Gasteiger partial charge in [0.15, 0.2) is 0 Å². The molecule has 3 aromatic carbocycles. The standard InChI is InChI=1S/C26H26ClN3O4/c1-2-14-33-23-12-8-21(9-13-23)26(32)28-17-25(31)30-29-16-20-4-3-5-24(15-20)34-18-19-6-10-22(27)11-7-19/h3-13,15-16H,2,14,17-18H2,1H3,(H,28,32)(H,30,31). The van der Waals surface area contributed by atoms with Crippen molar-refractivity contribution in [1.29, 1.82) is 0 Å². The highest BCUT2D eigenvalue weighted by Crippen LogP contribution is 2.16. The lowest BCUT2D eigenvalue weighted by atomic mass is 10.2. The molecule has 2 N–H and O–H groups in total. The van der Waals surface area contributed by atoms with Crippen LogP contribution in [-0.4, -0.2) is 31.2 Å². The quantitative estimate of drug-likeness (QED) is 0.311. The number of hydrogen-bond acceptors (Lipinski definition) is 5. The van der Waals surface area contributed by atoms with Gasteiger partial charge in [-0.3, -0.25) is 9.59 Å². The van der Waals surface area contributed by atoms with Gasteiger partial charge in [0.1, 0.15) is 18.1 Å². The van der Waals surface area contributed by atoms with Crippen LogP contribution in [0.25, 0.3) is 0 Å². The molecule has 0 fully saturated rings. The maximum atomic E-state index is 12.2. The summed E-state index contributed by atoms with van der Waals surface area (Å²) in [6.07, 6.45) is 2.41. The summed E-state index contributed by atoms with van der Waals surface area (Å²) in [6, 6.07) is 21.5. The zero-order chi connectivity index (χ0) is 24.2. The Labute approximate surface area is 203 Å². The van der Waals surface area contributed by atoms with Gasteiger partial charge in [-0.1, -0.05) is 42.8 Å². The van der Waals surface area contributed by atoms with Crippen molar-refractivity contribution in [2.24, 2.45) is 5.10 Å². The first-order valence-electron chi connectivity index (χ1n) is 10.8. The number of amides is 2. The van der Waals surface area contributed by atoms with E-state index >= 15 is 0 Å². The van der Waals surface area contributed by atoms with E-state index in [9.17, 15) is 9.59 Å². The maximum Gasteiger partial charge on any atom is 0.259 e. The smallest absolute Gasteiger partial charge is 0.259 e. The summed E-state index contributed by atoms with van der Waals surface area (Å²) in [4.78, 5) is 24.2. The molecule has 7 nitrogen and oxygen atoms in total. The van der Waals surface area contributed by atoms with Crippen LogP contribution in [0.3, 0.4) is 0 Å². The fraction of sp³-hybridized carbons (Fsp3) is 0.192. The van der Waals surface area contributed by atoms with E-state index in [0.29, 0.717) is 35.3 Å². The second-order valence-electron chi connectivity index (χ2n) is 7.34. The van der Waals surface area contributed by atoms with Crippen LogP contribution in [0.2, 0.25) is 5.02 Å². The van der Waals surface area contributed by atoms with Crippen molar-refractivity contribution >= 4 is 29.6 Å². The van der Waals surface area contributed by atoms with E-state index in [1.54, 1.807) is 30.3 Å². The van der Waals surface area contributed by atoms with Crippen LogP contribution >= 0.6 is 11.6 Å². The molecule has 0 spiro atoms. The fourth-order valence-corrected chi connectivity index (χ4v) is 2.96. The van der Waals surface area contributed by atoms with Gasteiger partial charge in [0.2, 0.25) is 0 Å². The molecule has 0 radical (unpaired) electrons. The van der Waals surface area contributed by atoms with Crippen molar-refractivity contribution in [1.82, 2.24) is 10.7 Å². The Hall–Kier alpha value is -3.84. The Morgan fingerprint density at radius 1 is 0.971 bits per heavy atom. The molecule has 34 heavy (non-hydrogen) atoms. The Balaban J connectivity index is 1.42. The lowest BCUT2D eigenvalue weighted by molar-refractivity contribution is -0.120. The molecule has 3 rings (SSSR count). The SMILES string of the molecule is CCCOc1ccc(C(=O)NCC(=O)NN=Cc2cccc(OCc3ccc(Cl)cc3)c2)cc1. The van der Waals surface area contributed by atoms with Crippen molar-refractivity contribution in [2.45, 2.75) is 20.0 Å². The van der Waals surface area contributed by atoms with E-state index in [0.717, 1.165) is 17.5 Å². The number of carbonyl (C=O) groups is 2. The number of nitrogens with zero attached hydrogens (tertiary/aromatic N) is 1. The molecule has 0 bridgehead atoms. The second kappa shape index (κ2) is 13.0. The number of nitrogens with one attached hydrogen (secondary N) is 2. The molecule has 176 valence electrons. The van der Waals surface area contributed by atoms with Gasteiger partial charge in [-0.2, -0.15) is 5.10 Å². The van der Waals surface area contributed by atoms with Gasteiger partial charge >= 0.3 is 0 Å². The van der Waals surface area contributed by atoms with Crippen molar-refractivity contribution < 1.29 is 19.1 Å². The van der Waals surface area contributed by atoms with Gasteiger partial charge in [-0.25, -0.2) is 5.43 Å². The van der Waals surface area contributed by atoms with Crippen molar-refractivity contribution in [3.8, 4) is 11.5 Å². The third kappa shape index (κ3) is 8.26. The third-order valence-corrected chi connectivity index (χ3v) is 4.83. The van der Waals surface area contributed by atoms with Crippen molar-refractivity contribution in [3.63, 3.8) is 0 Å². The molecular weight excluding hydrogens is 454 g/mol. The number of rotatable bonds is 11. The van der Waals surface area contributed by atoms with E-state index in [2.05, 4.69) is 15.8 Å². The lowest BCUT2D eigenvalue weighted by Gasteiger charge is -2.07. The second-order valence-corrected chi connectivity index (χ2v) is 7.77. The van der Waals surface area contributed by atoms with Gasteiger partial charge in [0, 0.05) is 10.6 Å². The van der Waals surface area contributed by atoms with Gasteiger partial charge in [0.25, 0.3) is 11.8 Å². The van der Waals surface area contributed by atoms with E-state index in [4.69, 9.17) is 21.1 Å². The minimum Gasteiger partial charge on any atom is -0.494 e. The molecule has 3 aromatic rings. The molecule has 0 aliphatic heterocycles. The predicted octanol–water partition coefficient (Wildman–Crippen LogP) is 4.59. The number of benzene rings is 3. The summed E-state index contributed by atoms with van der Waals surface area (Å²) in [5.41, 5.74) is 4.59. The number of hydrogen-bond donors (Lipinski definition) is 2. The molecule has 2 amide bonds. The third-order valence-electron chi connectivity index (χ3n) is 4.58. The first kappa shape index (κ1) is 24.8. The monoisotopic (exact) mass is 479 g/mol. The van der Waals surface area contributed by atoms with Crippen LogP contribution < -0.4 is 20.2 Å². The van der Waals surface area contributed by atoms with E-state index in [1.165, 1.54) is 6.21 Å². The zero-order valence-corrected chi connectivity index (χ0v) is 19.5. The van der Waals surface area contributed by atoms with E-state index in [1.807, 2.05) is 49.4 Å². The summed E-state index contributed by atoms with van der Waals surface area (Å²) in [5.74, 6) is 0.572. The molecule has 0 aliphatic carbocycles. The summed E-state index contributed by atoms with van der Waals surface area (Å²) in [5, 5.41) is 7.18. The minimum absolute atomic E-state index is 0.200. The predicted molar refractivity (Wildman–Crippen MR) is 133 cm³/mol. The normalized spacial score (nSPS) is 10.6. The van der Waals surface area contributed by atoms with Gasteiger partial charge in [-0.05, 0) is 66.1 Å². The van der Waals surface area contributed by atoms with Crippen LogP contribution in [0.4, 0.5) is 0 Å². The summed E-state index contributed by atoms with van der Waals surface area (Å²) in [7, 11) is 0. The molecule has 0 heterocycles. The topological polar surface area (TPSA) is 89.0 Å². The molecule has 0 aliphatic rings. The molecule has 8 heteroatoms. The molecule has 0 atom stereocenters. The molecule has 0 saturated carbocycles. The fourth-order valence-electron chi connectivity index (χ4n) is 2.84. The van der Waals surface area contributed by atoms with Crippen LogP contribution in [-0.2, 0) is 11.4 Å². The highest BCUT2D eigenvalue weighted by Gasteiger charge is 2.08. The number of halogens is 1. The first-order chi connectivity index (χ1) is 16.5. The average molecular weight is 480 g/mol. The van der Waals surface area contributed by atoms with E-state index < -0.39 is 5.91 Å². The van der Waals surface area contributed by atoms with Crippen LogP contribution in [0.1, 0.15) is 34.8 Å². The zero-order valence-electron chi connectivity index (χ0n) is 18.8. The Kier molecular flexibility index (Phi) is 9.49. The molecule has 0 saturated heterocycles. The number of carbonyl (C=O) groups excluding carboxylic acids is 2.